The number of Topliss-reactive ketones (excluding diaryl/α,β-unsaturated/α-hetero) is 1. The number of anilines is 1. The molecule has 2 atom stereocenters. The van der Waals surface area contributed by atoms with E-state index in [1.807, 2.05) is 25.1 Å². The molecule has 9 heteroatoms. The standard InChI is InChI=1S/C23H33N5O4/c1-4-26(18-10-11-27(14-18)16(2)17-8-6-5-7-9-17)15-19(29)20-21(24)28(12-13-32-3)23(31)25-22(20)30/h5-9,16,18H,4,10-15,24H2,1-3H3,(H,25,30,31). The Morgan fingerprint density at radius 3 is 2.69 bits per heavy atom. The number of nitrogen functional groups attached to an aromatic ring is 1. The molecule has 9 nitrogen and oxygen atoms in total. The van der Waals surface area contributed by atoms with Crippen LogP contribution in [0.5, 0.6) is 0 Å². The topological polar surface area (TPSA) is 114 Å². The predicted molar refractivity (Wildman–Crippen MR) is 124 cm³/mol. The first-order valence-corrected chi connectivity index (χ1v) is 11.0. The first-order valence-electron chi connectivity index (χ1n) is 11.0. The zero-order valence-corrected chi connectivity index (χ0v) is 19.0. The van der Waals surface area contributed by atoms with Crippen LogP contribution in [0.15, 0.2) is 39.9 Å². The Labute approximate surface area is 187 Å². The number of aromatic amines is 1. The fourth-order valence-electron chi connectivity index (χ4n) is 4.38. The number of aromatic nitrogens is 2. The first-order chi connectivity index (χ1) is 15.4. The minimum atomic E-state index is -0.743. The zero-order valence-electron chi connectivity index (χ0n) is 19.0. The first kappa shape index (κ1) is 23.9. The Morgan fingerprint density at radius 1 is 1.31 bits per heavy atom. The van der Waals surface area contributed by atoms with Crippen molar-refractivity contribution in [3.63, 3.8) is 0 Å². The summed E-state index contributed by atoms with van der Waals surface area (Å²) in [6.07, 6.45) is 0.942. The number of nitrogens with two attached hydrogens (primary N) is 1. The summed E-state index contributed by atoms with van der Waals surface area (Å²) in [5.41, 5.74) is 5.78. The van der Waals surface area contributed by atoms with E-state index in [0.29, 0.717) is 12.6 Å². The van der Waals surface area contributed by atoms with E-state index >= 15 is 0 Å². The van der Waals surface area contributed by atoms with Gasteiger partial charge in [-0.15, -0.1) is 0 Å². The van der Waals surface area contributed by atoms with Crippen LogP contribution in [-0.2, 0) is 11.3 Å². The van der Waals surface area contributed by atoms with Gasteiger partial charge in [-0.2, -0.15) is 0 Å². The Kier molecular flexibility index (Phi) is 8.00. The Balaban J connectivity index is 1.73. The second-order valence-electron chi connectivity index (χ2n) is 8.17. The molecule has 2 unspecified atom stereocenters. The molecular formula is C23H33N5O4. The summed E-state index contributed by atoms with van der Waals surface area (Å²) < 4.78 is 6.17. The van der Waals surface area contributed by atoms with Crippen molar-refractivity contribution in [3.8, 4) is 0 Å². The summed E-state index contributed by atoms with van der Waals surface area (Å²) in [5.74, 6) is -0.492. The molecule has 174 valence electrons. The molecule has 0 amide bonds. The maximum absolute atomic E-state index is 13.1. The van der Waals surface area contributed by atoms with Crippen molar-refractivity contribution >= 4 is 11.6 Å². The normalized spacial score (nSPS) is 17.7. The third-order valence-corrected chi connectivity index (χ3v) is 6.33. The van der Waals surface area contributed by atoms with Crippen molar-refractivity contribution in [2.75, 3.05) is 45.6 Å². The average Bonchev–Trinajstić information content (AvgIpc) is 3.27. The molecule has 0 saturated carbocycles. The lowest BCUT2D eigenvalue weighted by molar-refractivity contribution is 0.0894. The summed E-state index contributed by atoms with van der Waals surface area (Å²) in [7, 11) is 1.50. The quantitative estimate of drug-likeness (QED) is 0.529. The summed E-state index contributed by atoms with van der Waals surface area (Å²) in [4.78, 5) is 44.3. The number of carbonyl (C=O) groups excluding carboxylic acids is 1. The van der Waals surface area contributed by atoms with Crippen LogP contribution >= 0.6 is 0 Å². The SMILES string of the molecule is CCN(CC(=O)c1c(N)n(CCOC)c(=O)[nH]c1=O)C1CCN(C(C)c2ccccc2)C1. The minimum Gasteiger partial charge on any atom is -0.384 e. The number of H-pyrrole nitrogens is 1. The molecule has 0 bridgehead atoms. The highest BCUT2D eigenvalue weighted by atomic mass is 16.5. The Morgan fingerprint density at radius 2 is 2.03 bits per heavy atom. The fraction of sp³-hybridized carbons (Fsp3) is 0.522. The molecule has 0 aliphatic carbocycles. The van der Waals surface area contributed by atoms with E-state index in [1.165, 1.54) is 17.2 Å². The van der Waals surface area contributed by atoms with Gasteiger partial charge in [-0.25, -0.2) is 4.79 Å². The molecule has 2 heterocycles. The van der Waals surface area contributed by atoms with Crippen LogP contribution < -0.4 is 17.0 Å². The van der Waals surface area contributed by atoms with E-state index in [-0.39, 0.29) is 42.9 Å². The second kappa shape index (κ2) is 10.7. The lowest BCUT2D eigenvalue weighted by Gasteiger charge is -2.29. The van der Waals surface area contributed by atoms with E-state index in [9.17, 15) is 14.4 Å². The summed E-state index contributed by atoms with van der Waals surface area (Å²) in [5, 5.41) is 0. The van der Waals surface area contributed by atoms with Gasteiger partial charge in [0, 0.05) is 32.3 Å². The van der Waals surface area contributed by atoms with Crippen molar-refractivity contribution in [2.45, 2.75) is 38.9 Å². The molecule has 1 aromatic heterocycles. The van der Waals surface area contributed by atoms with Crippen molar-refractivity contribution in [1.82, 2.24) is 19.4 Å². The third kappa shape index (κ3) is 5.17. The van der Waals surface area contributed by atoms with Gasteiger partial charge in [-0.05, 0) is 25.5 Å². The second-order valence-corrected chi connectivity index (χ2v) is 8.17. The maximum Gasteiger partial charge on any atom is 0.330 e. The monoisotopic (exact) mass is 443 g/mol. The van der Waals surface area contributed by atoms with Crippen LogP contribution in [0, 0.1) is 0 Å². The van der Waals surface area contributed by atoms with Gasteiger partial charge in [-0.3, -0.25) is 28.9 Å². The maximum atomic E-state index is 13.1. The van der Waals surface area contributed by atoms with E-state index < -0.39 is 11.2 Å². The molecule has 1 aliphatic heterocycles. The number of nitrogens with zero attached hydrogens (tertiary/aromatic N) is 3. The molecule has 1 saturated heterocycles. The van der Waals surface area contributed by atoms with Gasteiger partial charge >= 0.3 is 5.69 Å². The molecule has 2 aromatic rings. The number of methoxy groups -OCH3 is 1. The van der Waals surface area contributed by atoms with Gasteiger partial charge in [0.25, 0.3) is 5.56 Å². The average molecular weight is 444 g/mol. The smallest absolute Gasteiger partial charge is 0.330 e. The Hall–Kier alpha value is -2.75. The highest BCUT2D eigenvalue weighted by Gasteiger charge is 2.32. The van der Waals surface area contributed by atoms with Gasteiger partial charge in [0.1, 0.15) is 11.4 Å². The van der Waals surface area contributed by atoms with E-state index in [0.717, 1.165) is 19.5 Å². The number of ketones is 1. The molecule has 0 radical (unpaired) electrons. The number of nitrogens with one attached hydrogen (secondary N) is 1. The van der Waals surface area contributed by atoms with E-state index in [4.69, 9.17) is 10.5 Å². The number of likely N-dealkylation sites (tertiary alicyclic amines) is 1. The number of benzene rings is 1. The zero-order chi connectivity index (χ0) is 23.3. The molecule has 3 N–H and O–H groups in total. The number of rotatable bonds is 10. The molecule has 1 fully saturated rings. The number of hydrogen-bond acceptors (Lipinski definition) is 7. The van der Waals surface area contributed by atoms with Crippen LogP contribution in [-0.4, -0.2) is 71.1 Å². The molecule has 1 aliphatic rings. The van der Waals surface area contributed by atoms with Crippen LogP contribution in [0.3, 0.4) is 0 Å². The highest BCUT2D eigenvalue weighted by molar-refractivity contribution is 6.01. The van der Waals surface area contributed by atoms with E-state index in [2.05, 4.69) is 33.8 Å². The van der Waals surface area contributed by atoms with Crippen LogP contribution in [0.2, 0.25) is 0 Å². The number of hydrogen-bond donors (Lipinski definition) is 2. The minimum absolute atomic E-state index is 0.0739. The molecule has 1 aromatic carbocycles. The van der Waals surface area contributed by atoms with Gasteiger partial charge in [-0.1, -0.05) is 37.3 Å². The summed E-state index contributed by atoms with van der Waals surface area (Å²) in [6, 6.07) is 10.9. The summed E-state index contributed by atoms with van der Waals surface area (Å²) in [6.45, 7) is 7.13. The van der Waals surface area contributed by atoms with Gasteiger partial charge in [0.05, 0.1) is 19.7 Å². The Bertz CT molecular complexity index is 1030. The predicted octanol–water partition coefficient (Wildman–Crippen LogP) is 1.11. The number of carbonyl (C=O) groups is 1. The van der Waals surface area contributed by atoms with Gasteiger partial charge in [0.2, 0.25) is 0 Å². The van der Waals surface area contributed by atoms with Crippen molar-refractivity contribution < 1.29 is 9.53 Å². The molecule has 0 spiro atoms. The lowest BCUT2D eigenvalue weighted by Crippen LogP contribution is -2.43. The molecular weight excluding hydrogens is 410 g/mol. The van der Waals surface area contributed by atoms with Crippen molar-refractivity contribution in [2.24, 2.45) is 0 Å². The highest BCUT2D eigenvalue weighted by Crippen LogP contribution is 2.26. The van der Waals surface area contributed by atoms with Crippen LogP contribution in [0.1, 0.15) is 42.2 Å². The number of ether oxygens (including phenoxy) is 1. The number of likely N-dealkylation sites (N-methyl/N-ethyl adjacent to an activating group) is 1. The fourth-order valence-corrected chi connectivity index (χ4v) is 4.38. The van der Waals surface area contributed by atoms with Crippen molar-refractivity contribution in [1.29, 1.82) is 0 Å². The van der Waals surface area contributed by atoms with Crippen LogP contribution in [0.25, 0.3) is 0 Å². The summed E-state index contributed by atoms with van der Waals surface area (Å²) >= 11 is 0. The third-order valence-electron chi connectivity index (χ3n) is 6.33. The van der Waals surface area contributed by atoms with Crippen molar-refractivity contribution in [3.05, 3.63) is 62.3 Å². The lowest BCUT2D eigenvalue weighted by atomic mass is 10.1. The molecule has 32 heavy (non-hydrogen) atoms. The van der Waals surface area contributed by atoms with Crippen LogP contribution in [0.4, 0.5) is 5.82 Å². The van der Waals surface area contributed by atoms with Gasteiger partial charge in [0.15, 0.2) is 5.78 Å². The van der Waals surface area contributed by atoms with Gasteiger partial charge < -0.3 is 10.5 Å². The van der Waals surface area contributed by atoms with E-state index in [1.54, 1.807) is 0 Å². The molecule has 3 rings (SSSR count). The largest absolute Gasteiger partial charge is 0.384 e.